The summed E-state index contributed by atoms with van der Waals surface area (Å²) in [6, 6.07) is 4.18. The van der Waals surface area contributed by atoms with E-state index in [9.17, 15) is 10.1 Å². The lowest BCUT2D eigenvalue weighted by Crippen LogP contribution is -2.07. The number of aromatic nitrogens is 2. The maximum absolute atomic E-state index is 10.7. The number of aryl methyl sites for hydroxylation is 1. The molecule has 8 heteroatoms. The summed E-state index contributed by atoms with van der Waals surface area (Å²) in [4.78, 5) is 10.2. The van der Waals surface area contributed by atoms with Crippen molar-refractivity contribution in [3.8, 4) is 11.5 Å². The first-order valence-electron chi connectivity index (χ1n) is 5.01. The van der Waals surface area contributed by atoms with Gasteiger partial charge in [0.2, 0.25) is 0 Å². The second kappa shape index (κ2) is 4.72. The number of nitrogens with one attached hydrogen (secondary N) is 1. The van der Waals surface area contributed by atoms with E-state index in [2.05, 4.69) is 10.5 Å². The maximum atomic E-state index is 10.7. The van der Waals surface area contributed by atoms with Crippen LogP contribution in [0.4, 0.5) is 11.4 Å². The molecule has 3 N–H and O–H groups in total. The van der Waals surface area contributed by atoms with Crippen molar-refractivity contribution in [2.24, 2.45) is 12.9 Å². The van der Waals surface area contributed by atoms with E-state index in [1.54, 1.807) is 24.0 Å². The van der Waals surface area contributed by atoms with Gasteiger partial charge in [0, 0.05) is 19.2 Å². The molecule has 0 atom stereocenters. The van der Waals surface area contributed by atoms with Gasteiger partial charge in [-0.05, 0) is 0 Å². The van der Waals surface area contributed by atoms with E-state index >= 15 is 0 Å². The van der Waals surface area contributed by atoms with Gasteiger partial charge in [-0.1, -0.05) is 0 Å². The Labute approximate surface area is 102 Å². The molecule has 0 unspecified atom stereocenters. The van der Waals surface area contributed by atoms with Gasteiger partial charge in [-0.2, -0.15) is 5.10 Å². The Hall–Kier alpha value is -2.61. The first-order chi connectivity index (χ1) is 8.58. The van der Waals surface area contributed by atoms with Gasteiger partial charge in [-0.3, -0.25) is 20.6 Å². The Morgan fingerprint density at radius 2 is 2.22 bits per heavy atom. The number of benzene rings is 1. The number of hydrogen-bond donors (Lipinski definition) is 2. The third-order valence-electron chi connectivity index (χ3n) is 2.19. The summed E-state index contributed by atoms with van der Waals surface area (Å²) < 4.78 is 7.01. The van der Waals surface area contributed by atoms with Crippen molar-refractivity contribution in [1.29, 1.82) is 0 Å². The molecule has 0 aliphatic heterocycles. The molecular formula is C10H11N5O3. The van der Waals surface area contributed by atoms with Crippen LogP contribution in [0.1, 0.15) is 0 Å². The lowest BCUT2D eigenvalue weighted by Gasteiger charge is -2.05. The van der Waals surface area contributed by atoms with Crippen molar-refractivity contribution in [2.75, 3.05) is 5.43 Å². The van der Waals surface area contributed by atoms with Gasteiger partial charge in [-0.15, -0.1) is 0 Å². The molecule has 18 heavy (non-hydrogen) atoms. The van der Waals surface area contributed by atoms with Gasteiger partial charge in [0.05, 0.1) is 29.1 Å². The number of nitrogens with zero attached hydrogens (tertiary/aromatic N) is 3. The second-order valence-electron chi connectivity index (χ2n) is 3.57. The lowest BCUT2D eigenvalue weighted by molar-refractivity contribution is -0.384. The Kier molecular flexibility index (Phi) is 3.11. The molecule has 1 aromatic heterocycles. The summed E-state index contributed by atoms with van der Waals surface area (Å²) in [5, 5.41) is 14.7. The number of nitro benzene ring substituents is 1. The van der Waals surface area contributed by atoms with E-state index in [4.69, 9.17) is 10.6 Å². The molecule has 0 aliphatic carbocycles. The lowest BCUT2D eigenvalue weighted by atomic mass is 10.2. The van der Waals surface area contributed by atoms with Crippen LogP contribution in [-0.2, 0) is 7.05 Å². The number of anilines is 1. The smallest absolute Gasteiger partial charge is 0.275 e. The fourth-order valence-electron chi connectivity index (χ4n) is 1.42. The first-order valence-corrected chi connectivity index (χ1v) is 5.01. The minimum Gasteiger partial charge on any atom is -0.454 e. The van der Waals surface area contributed by atoms with E-state index in [1.807, 2.05) is 0 Å². The number of rotatable bonds is 4. The highest BCUT2D eigenvalue weighted by Crippen LogP contribution is 2.28. The zero-order chi connectivity index (χ0) is 13.1. The fourth-order valence-corrected chi connectivity index (χ4v) is 1.42. The molecule has 1 aromatic carbocycles. The predicted molar refractivity (Wildman–Crippen MR) is 64.2 cm³/mol. The van der Waals surface area contributed by atoms with E-state index in [1.165, 1.54) is 18.3 Å². The van der Waals surface area contributed by atoms with Crippen LogP contribution in [0.15, 0.2) is 30.6 Å². The van der Waals surface area contributed by atoms with Crippen LogP contribution in [0.2, 0.25) is 0 Å². The number of hydrogen-bond acceptors (Lipinski definition) is 6. The number of non-ortho nitro benzene ring substituents is 1. The minimum absolute atomic E-state index is 0.107. The van der Waals surface area contributed by atoms with Crippen molar-refractivity contribution in [1.82, 2.24) is 9.78 Å². The van der Waals surface area contributed by atoms with Gasteiger partial charge >= 0.3 is 0 Å². The number of ether oxygens (including phenoxy) is 1. The van der Waals surface area contributed by atoms with Crippen LogP contribution < -0.4 is 16.0 Å². The Balaban J connectivity index is 2.32. The quantitative estimate of drug-likeness (QED) is 0.481. The van der Waals surface area contributed by atoms with E-state index in [-0.39, 0.29) is 5.69 Å². The number of nitro groups is 1. The molecule has 0 saturated heterocycles. The third-order valence-corrected chi connectivity index (χ3v) is 2.19. The topological polar surface area (TPSA) is 108 Å². The SMILES string of the molecule is Cn1cc(Oc2cc(NN)cc([N+](=O)[O-])c2)cn1. The highest BCUT2D eigenvalue weighted by Gasteiger charge is 2.11. The van der Waals surface area contributed by atoms with Crippen LogP contribution in [0.3, 0.4) is 0 Å². The molecule has 0 amide bonds. The van der Waals surface area contributed by atoms with E-state index in [0.717, 1.165) is 0 Å². The van der Waals surface area contributed by atoms with Gasteiger partial charge in [0.1, 0.15) is 5.75 Å². The molecule has 0 spiro atoms. The minimum atomic E-state index is -0.517. The molecule has 0 saturated carbocycles. The molecule has 94 valence electrons. The van der Waals surface area contributed by atoms with Gasteiger partial charge in [0.15, 0.2) is 5.75 Å². The summed E-state index contributed by atoms with van der Waals surface area (Å²) in [6.45, 7) is 0. The van der Waals surface area contributed by atoms with Crippen molar-refractivity contribution < 1.29 is 9.66 Å². The Morgan fingerprint density at radius 3 is 2.78 bits per heavy atom. The number of nitrogen functional groups attached to an aromatic ring is 1. The highest BCUT2D eigenvalue weighted by atomic mass is 16.6. The predicted octanol–water partition coefficient (Wildman–Crippen LogP) is 1.41. The molecule has 0 aliphatic rings. The Bertz CT molecular complexity index is 581. The maximum Gasteiger partial charge on any atom is 0.275 e. The molecule has 2 rings (SSSR count). The standard InChI is InChI=1S/C10H11N5O3/c1-14-6-10(5-12-14)18-9-3-7(13-11)2-8(4-9)15(16)17/h2-6,13H,11H2,1H3. The fraction of sp³-hybridized carbons (Fsp3) is 0.100. The van der Waals surface area contributed by atoms with Crippen molar-refractivity contribution in [3.05, 3.63) is 40.7 Å². The van der Waals surface area contributed by atoms with Gasteiger partial charge in [0.25, 0.3) is 5.69 Å². The molecular weight excluding hydrogens is 238 g/mol. The van der Waals surface area contributed by atoms with E-state index in [0.29, 0.717) is 17.2 Å². The third kappa shape index (κ3) is 2.55. The van der Waals surface area contributed by atoms with Crippen molar-refractivity contribution in [2.45, 2.75) is 0 Å². The van der Waals surface area contributed by atoms with E-state index < -0.39 is 4.92 Å². The average molecular weight is 249 g/mol. The monoisotopic (exact) mass is 249 g/mol. The summed E-state index contributed by atoms with van der Waals surface area (Å²) in [6.07, 6.45) is 3.16. The number of nitrogens with two attached hydrogens (primary N) is 1. The molecule has 2 aromatic rings. The van der Waals surface area contributed by atoms with Crippen LogP contribution in [0.5, 0.6) is 11.5 Å². The summed E-state index contributed by atoms with van der Waals surface area (Å²) in [5.74, 6) is 6.04. The normalized spacial score (nSPS) is 10.1. The Morgan fingerprint density at radius 1 is 1.44 bits per heavy atom. The van der Waals surface area contributed by atoms with Crippen LogP contribution in [-0.4, -0.2) is 14.7 Å². The zero-order valence-electron chi connectivity index (χ0n) is 9.53. The van der Waals surface area contributed by atoms with Gasteiger partial charge < -0.3 is 10.2 Å². The van der Waals surface area contributed by atoms with Crippen LogP contribution in [0.25, 0.3) is 0 Å². The number of hydrazine groups is 1. The molecule has 0 bridgehead atoms. The summed E-state index contributed by atoms with van der Waals surface area (Å²) in [5.41, 5.74) is 2.63. The van der Waals surface area contributed by atoms with Gasteiger partial charge in [-0.25, -0.2) is 0 Å². The summed E-state index contributed by atoms with van der Waals surface area (Å²) in [7, 11) is 1.74. The first kappa shape index (κ1) is 11.9. The van der Waals surface area contributed by atoms with Crippen LogP contribution in [0, 0.1) is 10.1 Å². The molecule has 8 nitrogen and oxygen atoms in total. The van der Waals surface area contributed by atoms with Crippen LogP contribution >= 0.6 is 0 Å². The van der Waals surface area contributed by atoms with Crippen molar-refractivity contribution in [3.63, 3.8) is 0 Å². The highest BCUT2D eigenvalue weighted by molar-refractivity contribution is 5.56. The second-order valence-corrected chi connectivity index (χ2v) is 3.57. The largest absolute Gasteiger partial charge is 0.454 e. The molecule has 1 heterocycles. The summed E-state index contributed by atoms with van der Waals surface area (Å²) >= 11 is 0. The molecule has 0 fully saturated rings. The average Bonchev–Trinajstić information content (AvgIpc) is 2.74. The molecule has 0 radical (unpaired) electrons. The van der Waals surface area contributed by atoms with Crippen molar-refractivity contribution >= 4 is 11.4 Å². The zero-order valence-corrected chi connectivity index (χ0v) is 9.53.